The Kier molecular flexibility index (Phi) is 4.00. The van der Waals surface area contributed by atoms with E-state index in [0.29, 0.717) is 16.7 Å². The summed E-state index contributed by atoms with van der Waals surface area (Å²) >= 11 is 0.985. The molecule has 0 bridgehead atoms. The van der Waals surface area contributed by atoms with Gasteiger partial charge in [-0.15, -0.1) is 0 Å². The van der Waals surface area contributed by atoms with Crippen molar-refractivity contribution in [3.63, 3.8) is 0 Å². The third-order valence-electron chi connectivity index (χ3n) is 2.52. The Morgan fingerprint density at radius 3 is 3.00 bits per heavy atom. The summed E-state index contributed by atoms with van der Waals surface area (Å²) in [4.78, 5) is 14.8. The molecule has 0 fully saturated rings. The predicted molar refractivity (Wildman–Crippen MR) is 68.1 cm³/mol. The van der Waals surface area contributed by atoms with Crippen LogP contribution in [0.25, 0.3) is 11.1 Å². The van der Waals surface area contributed by atoms with Crippen LogP contribution < -0.4 is 0 Å². The lowest BCUT2D eigenvalue weighted by Crippen LogP contribution is -2.21. The van der Waals surface area contributed by atoms with Crippen LogP contribution in [-0.2, 0) is 4.79 Å². The maximum absolute atomic E-state index is 10.8. The van der Waals surface area contributed by atoms with Gasteiger partial charge in [-0.1, -0.05) is 17.8 Å². The fourth-order valence-corrected chi connectivity index (χ4v) is 2.16. The second-order valence-electron chi connectivity index (χ2n) is 3.89. The van der Waals surface area contributed by atoms with Gasteiger partial charge in [0, 0.05) is 12.7 Å². The van der Waals surface area contributed by atoms with Gasteiger partial charge < -0.3 is 14.6 Å². The minimum absolute atomic E-state index is 0.0896. The number of rotatable bonds is 4. The fraction of sp³-hybridized carbons (Fsp3) is 0.333. The van der Waals surface area contributed by atoms with Gasteiger partial charge in [-0.3, -0.25) is 4.79 Å². The molecule has 1 heterocycles. The maximum atomic E-state index is 10.8. The van der Waals surface area contributed by atoms with Crippen LogP contribution in [0.4, 0.5) is 0 Å². The smallest absolute Gasteiger partial charge is 0.185 e. The highest BCUT2D eigenvalue weighted by molar-refractivity contribution is 8.13. The average Bonchev–Trinajstić information content (AvgIpc) is 2.81. The molecule has 5 nitrogen and oxygen atoms in total. The molecule has 2 rings (SSSR count). The second kappa shape index (κ2) is 5.51. The molecule has 6 heteroatoms. The number of nitrogens with zero attached hydrogens (tertiary/aromatic N) is 1. The van der Waals surface area contributed by atoms with Crippen molar-refractivity contribution >= 4 is 28.0 Å². The summed E-state index contributed by atoms with van der Waals surface area (Å²) in [6.07, 6.45) is -0.718. The van der Waals surface area contributed by atoms with Gasteiger partial charge in [-0.05, 0) is 17.7 Å². The molecule has 0 aliphatic carbocycles. The Labute approximate surface area is 108 Å². The van der Waals surface area contributed by atoms with Crippen LogP contribution in [0.2, 0.25) is 0 Å². The van der Waals surface area contributed by atoms with E-state index in [-0.39, 0.29) is 10.9 Å². The number of hydrogen-bond donors (Lipinski definition) is 2. The number of aromatic nitrogens is 1. The predicted octanol–water partition coefficient (Wildman–Crippen LogP) is 1.50. The number of thioether (sulfide) groups is 1. The average molecular weight is 267 g/mol. The molecule has 1 aromatic heterocycles. The van der Waals surface area contributed by atoms with E-state index in [9.17, 15) is 15.0 Å². The molecule has 1 aromatic carbocycles. The molecule has 0 amide bonds. The summed E-state index contributed by atoms with van der Waals surface area (Å²) in [7, 11) is 0. The van der Waals surface area contributed by atoms with E-state index >= 15 is 0 Å². The molecule has 0 saturated heterocycles. The molecule has 96 valence electrons. The summed E-state index contributed by atoms with van der Waals surface area (Å²) in [5, 5.41) is 19.7. The molecule has 0 aliphatic rings. The third kappa shape index (κ3) is 2.90. The van der Waals surface area contributed by atoms with Crippen LogP contribution in [0.1, 0.15) is 18.6 Å². The first kappa shape index (κ1) is 13.1. The third-order valence-corrected chi connectivity index (χ3v) is 3.43. The molecule has 2 aromatic rings. The van der Waals surface area contributed by atoms with Gasteiger partial charge in [0.05, 0.1) is 6.10 Å². The Balaban J connectivity index is 2.11. The zero-order valence-corrected chi connectivity index (χ0v) is 10.6. The molecule has 2 N–H and O–H groups in total. The van der Waals surface area contributed by atoms with Gasteiger partial charge in [0.15, 0.2) is 17.1 Å². The first-order valence-corrected chi connectivity index (χ1v) is 6.39. The molecule has 0 saturated carbocycles. The fourth-order valence-electron chi connectivity index (χ4n) is 1.57. The molecule has 0 spiro atoms. The highest BCUT2D eigenvalue weighted by Gasteiger charge is 2.19. The number of aliphatic hydroxyl groups is 2. The molecular formula is C12H13NO4S. The monoisotopic (exact) mass is 267 g/mol. The molecule has 2 atom stereocenters. The summed E-state index contributed by atoms with van der Waals surface area (Å²) in [6, 6.07) is 5.01. The van der Waals surface area contributed by atoms with Crippen molar-refractivity contribution in [3.05, 3.63) is 30.2 Å². The number of aliphatic hydroxyl groups excluding tert-OH is 2. The van der Waals surface area contributed by atoms with E-state index in [2.05, 4.69) is 4.98 Å². The first-order valence-electron chi connectivity index (χ1n) is 5.40. The van der Waals surface area contributed by atoms with Crippen molar-refractivity contribution in [2.75, 3.05) is 5.75 Å². The van der Waals surface area contributed by atoms with E-state index in [0.717, 1.165) is 11.8 Å². The minimum atomic E-state index is -1.04. The lowest BCUT2D eigenvalue weighted by Gasteiger charge is -2.17. The SMILES string of the molecule is CC(=O)SCC(O)C(O)c1ccc2ocnc2c1. The lowest BCUT2D eigenvalue weighted by molar-refractivity contribution is -0.109. The minimum Gasteiger partial charge on any atom is -0.443 e. The Hall–Kier alpha value is -1.37. The van der Waals surface area contributed by atoms with E-state index in [1.54, 1.807) is 18.2 Å². The number of oxazole rings is 1. The van der Waals surface area contributed by atoms with Crippen LogP contribution >= 0.6 is 11.8 Å². The quantitative estimate of drug-likeness (QED) is 0.873. The first-order chi connectivity index (χ1) is 8.58. The molecule has 0 radical (unpaired) electrons. The van der Waals surface area contributed by atoms with Crippen molar-refractivity contribution in [1.82, 2.24) is 4.98 Å². The van der Waals surface area contributed by atoms with Gasteiger partial charge in [0.1, 0.15) is 11.6 Å². The van der Waals surface area contributed by atoms with Gasteiger partial charge >= 0.3 is 0 Å². The Morgan fingerprint density at radius 2 is 2.28 bits per heavy atom. The number of hydrogen-bond acceptors (Lipinski definition) is 6. The van der Waals surface area contributed by atoms with E-state index < -0.39 is 12.2 Å². The number of carbonyl (C=O) groups is 1. The van der Waals surface area contributed by atoms with Crippen LogP contribution in [0.5, 0.6) is 0 Å². The zero-order valence-electron chi connectivity index (χ0n) is 9.74. The highest BCUT2D eigenvalue weighted by atomic mass is 32.2. The van der Waals surface area contributed by atoms with Gasteiger partial charge in [-0.2, -0.15) is 0 Å². The summed E-state index contributed by atoms with van der Waals surface area (Å²) in [5.74, 6) is 0.160. The van der Waals surface area contributed by atoms with E-state index in [1.165, 1.54) is 13.3 Å². The zero-order chi connectivity index (χ0) is 13.1. The van der Waals surface area contributed by atoms with Crippen molar-refractivity contribution in [2.24, 2.45) is 0 Å². The van der Waals surface area contributed by atoms with Crippen LogP contribution in [0.15, 0.2) is 29.0 Å². The number of fused-ring (bicyclic) bond motifs is 1. The molecule has 18 heavy (non-hydrogen) atoms. The van der Waals surface area contributed by atoms with E-state index in [1.807, 2.05) is 0 Å². The normalized spacial score (nSPS) is 14.6. The molecule has 0 aliphatic heterocycles. The lowest BCUT2D eigenvalue weighted by atomic mass is 10.1. The Morgan fingerprint density at radius 1 is 1.50 bits per heavy atom. The second-order valence-corrected chi connectivity index (χ2v) is 5.09. The molecule has 2 unspecified atom stereocenters. The summed E-state index contributed by atoms with van der Waals surface area (Å²) in [6.45, 7) is 1.42. The van der Waals surface area contributed by atoms with Crippen molar-refractivity contribution in [2.45, 2.75) is 19.1 Å². The molecular weight excluding hydrogens is 254 g/mol. The van der Waals surface area contributed by atoms with Crippen LogP contribution in [-0.4, -0.2) is 32.2 Å². The van der Waals surface area contributed by atoms with Crippen molar-refractivity contribution in [3.8, 4) is 0 Å². The van der Waals surface area contributed by atoms with Crippen LogP contribution in [0.3, 0.4) is 0 Å². The van der Waals surface area contributed by atoms with Gasteiger partial charge in [0.2, 0.25) is 0 Å². The van der Waals surface area contributed by atoms with Crippen molar-refractivity contribution < 1.29 is 19.4 Å². The van der Waals surface area contributed by atoms with Crippen LogP contribution in [0, 0.1) is 0 Å². The summed E-state index contributed by atoms with van der Waals surface area (Å²) in [5.41, 5.74) is 1.80. The standard InChI is InChI=1S/C12H13NO4S/c1-7(14)18-5-10(15)12(16)8-2-3-11-9(4-8)13-6-17-11/h2-4,6,10,12,15-16H,5H2,1H3. The number of carbonyl (C=O) groups excluding carboxylic acids is 1. The Bertz CT molecular complexity index is 554. The van der Waals surface area contributed by atoms with E-state index in [4.69, 9.17) is 4.42 Å². The van der Waals surface area contributed by atoms with Gasteiger partial charge in [-0.25, -0.2) is 4.98 Å². The topological polar surface area (TPSA) is 83.6 Å². The van der Waals surface area contributed by atoms with Gasteiger partial charge in [0.25, 0.3) is 0 Å². The highest BCUT2D eigenvalue weighted by Crippen LogP contribution is 2.23. The largest absolute Gasteiger partial charge is 0.443 e. The summed E-state index contributed by atoms with van der Waals surface area (Å²) < 4.78 is 5.09. The number of benzene rings is 1. The van der Waals surface area contributed by atoms with Crippen molar-refractivity contribution in [1.29, 1.82) is 0 Å². The maximum Gasteiger partial charge on any atom is 0.185 e.